The number of hydrogen-bond acceptors (Lipinski definition) is 4. The van der Waals surface area contributed by atoms with Crippen molar-refractivity contribution in [1.82, 2.24) is 0 Å². The number of rotatable bonds is 7. The minimum atomic E-state index is -3.33. The number of sulfonamides is 1. The largest absolute Gasteiger partial charge is 0.457 e. The second kappa shape index (κ2) is 7.68. The molecule has 2 rings (SSSR count). The van der Waals surface area contributed by atoms with Crippen LogP contribution in [0.2, 0.25) is 0 Å². The zero-order chi connectivity index (χ0) is 17.7. The Bertz CT molecular complexity index is 786. The number of aryl methyl sites for hydroxylation is 1. The van der Waals surface area contributed by atoms with Crippen molar-refractivity contribution in [1.29, 1.82) is 0 Å². The number of nitrogens with two attached hydrogens (primary N) is 1. The van der Waals surface area contributed by atoms with Gasteiger partial charge in [-0.3, -0.25) is 4.31 Å². The van der Waals surface area contributed by atoms with Crippen molar-refractivity contribution in [3.63, 3.8) is 0 Å². The summed E-state index contributed by atoms with van der Waals surface area (Å²) >= 11 is 0. The van der Waals surface area contributed by atoms with Crippen LogP contribution < -0.4 is 14.8 Å². The summed E-state index contributed by atoms with van der Waals surface area (Å²) in [5.74, 6) is 1.35. The van der Waals surface area contributed by atoms with Crippen molar-refractivity contribution in [3.05, 3.63) is 53.6 Å². The zero-order valence-electron chi connectivity index (χ0n) is 14.3. The van der Waals surface area contributed by atoms with Crippen LogP contribution >= 0.6 is 0 Å². The molecule has 24 heavy (non-hydrogen) atoms. The van der Waals surface area contributed by atoms with Gasteiger partial charge in [-0.25, -0.2) is 8.42 Å². The van der Waals surface area contributed by atoms with Crippen molar-refractivity contribution < 1.29 is 13.2 Å². The lowest BCUT2D eigenvalue weighted by Gasteiger charge is -2.23. The SMILES string of the molecule is CCCN(c1ccc(Oc2ccc(C)cc2)c(CN)c1)S(C)(=O)=O. The van der Waals surface area contributed by atoms with Crippen molar-refractivity contribution >= 4 is 15.7 Å². The van der Waals surface area contributed by atoms with Crippen molar-refractivity contribution in [2.75, 3.05) is 17.1 Å². The second-order valence-corrected chi connectivity index (χ2v) is 7.65. The molecule has 2 aromatic carbocycles. The molecule has 0 saturated heterocycles. The average Bonchev–Trinajstić information content (AvgIpc) is 2.54. The van der Waals surface area contributed by atoms with Crippen LogP contribution in [0.5, 0.6) is 11.5 Å². The molecular weight excluding hydrogens is 324 g/mol. The minimum Gasteiger partial charge on any atom is -0.457 e. The van der Waals surface area contributed by atoms with E-state index in [0.29, 0.717) is 18.0 Å². The van der Waals surface area contributed by atoms with Crippen LogP contribution in [0.25, 0.3) is 0 Å². The molecule has 0 aliphatic carbocycles. The summed E-state index contributed by atoms with van der Waals surface area (Å²) in [6.45, 7) is 4.65. The van der Waals surface area contributed by atoms with Gasteiger partial charge in [-0.1, -0.05) is 24.6 Å². The van der Waals surface area contributed by atoms with E-state index in [-0.39, 0.29) is 6.54 Å². The molecule has 0 bridgehead atoms. The van der Waals surface area contributed by atoms with E-state index in [1.54, 1.807) is 18.2 Å². The van der Waals surface area contributed by atoms with Crippen molar-refractivity contribution in [2.45, 2.75) is 26.8 Å². The first kappa shape index (κ1) is 18.3. The highest BCUT2D eigenvalue weighted by molar-refractivity contribution is 7.92. The number of ether oxygens (including phenoxy) is 1. The third-order valence-electron chi connectivity index (χ3n) is 3.63. The van der Waals surface area contributed by atoms with E-state index in [1.807, 2.05) is 38.1 Å². The highest BCUT2D eigenvalue weighted by Gasteiger charge is 2.18. The lowest BCUT2D eigenvalue weighted by Crippen LogP contribution is -2.30. The van der Waals surface area contributed by atoms with E-state index >= 15 is 0 Å². The van der Waals surface area contributed by atoms with Crippen LogP contribution in [-0.2, 0) is 16.6 Å². The van der Waals surface area contributed by atoms with Crippen LogP contribution in [0.4, 0.5) is 5.69 Å². The van der Waals surface area contributed by atoms with Crippen molar-refractivity contribution in [2.24, 2.45) is 5.73 Å². The van der Waals surface area contributed by atoms with Gasteiger partial charge in [0.2, 0.25) is 10.0 Å². The Morgan fingerprint density at radius 1 is 1.12 bits per heavy atom. The molecule has 0 aliphatic heterocycles. The topological polar surface area (TPSA) is 72.6 Å². The monoisotopic (exact) mass is 348 g/mol. The molecule has 0 aromatic heterocycles. The van der Waals surface area contributed by atoms with E-state index in [0.717, 1.165) is 23.3 Å². The Balaban J connectivity index is 2.34. The maximum atomic E-state index is 12.0. The van der Waals surface area contributed by atoms with Crippen LogP contribution in [0.1, 0.15) is 24.5 Å². The van der Waals surface area contributed by atoms with Gasteiger partial charge in [-0.15, -0.1) is 0 Å². The Morgan fingerprint density at radius 3 is 2.33 bits per heavy atom. The molecule has 0 heterocycles. The third-order valence-corrected chi connectivity index (χ3v) is 4.82. The lowest BCUT2D eigenvalue weighted by atomic mass is 10.1. The van der Waals surface area contributed by atoms with Gasteiger partial charge in [0, 0.05) is 18.7 Å². The molecule has 2 aromatic rings. The molecular formula is C18H24N2O3S. The molecule has 130 valence electrons. The summed E-state index contributed by atoms with van der Waals surface area (Å²) in [6, 6.07) is 13.0. The fourth-order valence-corrected chi connectivity index (χ4v) is 3.41. The summed E-state index contributed by atoms with van der Waals surface area (Å²) in [7, 11) is -3.33. The summed E-state index contributed by atoms with van der Waals surface area (Å²) < 4.78 is 31.3. The molecule has 2 N–H and O–H groups in total. The van der Waals surface area contributed by atoms with Crippen LogP contribution in [-0.4, -0.2) is 21.2 Å². The number of benzene rings is 2. The quantitative estimate of drug-likeness (QED) is 0.832. The molecule has 0 unspecified atom stereocenters. The van der Waals surface area contributed by atoms with Gasteiger partial charge in [0.05, 0.1) is 11.9 Å². The van der Waals surface area contributed by atoms with Crippen LogP contribution in [0.15, 0.2) is 42.5 Å². The first-order valence-electron chi connectivity index (χ1n) is 7.90. The Hall–Kier alpha value is -2.05. The summed E-state index contributed by atoms with van der Waals surface area (Å²) in [5.41, 5.74) is 8.35. The average molecular weight is 348 g/mol. The van der Waals surface area contributed by atoms with Crippen molar-refractivity contribution in [3.8, 4) is 11.5 Å². The number of nitrogens with zero attached hydrogens (tertiary/aromatic N) is 1. The van der Waals surface area contributed by atoms with E-state index in [1.165, 1.54) is 10.6 Å². The standard InChI is InChI=1S/C18H24N2O3S/c1-4-11-20(24(3,21)22)16-7-10-18(15(12-16)13-19)23-17-8-5-14(2)6-9-17/h5-10,12H,4,11,13,19H2,1-3H3. The molecule has 0 saturated carbocycles. The predicted octanol–water partition coefficient (Wildman–Crippen LogP) is 3.42. The highest BCUT2D eigenvalue weighted by Crippen LogP contribution is 2.30. The molecule has 6 heteroatoms. The molecule has 0 amide bonds. The normalized spacial score (nSPS) is 11.3. The maximum Gasteiger partial charge on any atom is 0.232 e. The Kier molecular flexibility index (Phi) is 5.85. The fourth-order valence-electron chi connectivity index (χ4n) is 2.40. The first-order valence-corrected chi connectivity index (χ1v) is 9.75. The molecule has 0 aliphatic rings. The fraction of sp³-hybridized carbons (Fsp3) is 0.333. The predicted molar refractivity (Wildman–Crippen MR) is 98.1 cm³/mol. The molecule has 0 radical (unpaired) electrons. The van der Waals surface area contributed by atoms with Gasteiger partial charge in [-0.2, -0.15) is 0 Å². The highest BCUT2D eigenvalue weighted by atomic mass is 32.2. The molecule has 0 fully saturated rings. The third kappa shape index (κ3) is 4.49. The molecule has 0 spiro atoms. The van der Waals surface area contributed by atoms with Gasteiger partial charge in [-0.05, 0) is 43.7 Å². The number of anilines is 1. The van der Waals surface area contributed by atoms with Gasteiger partial charge in [0.15, 0.2) is 0 Å². The molecule has 0 atom stereocenters. The Morgan fingerprint density at radius 2 is 1.79 bits per heavy atom. The second-order valence-electron chi connectivity index (χ2n) is 5.75. The van der Waals surface area contributed by atoms with E-state index in [2.05, 4.69) is 0 Å². The van der Waals surface area contributed by atoms with Gasteiger partial charge in [0.1, 0.15) is 11.5 Å². The smallest absolute Gasteiger partial charge is 0.232 e. The summed E-state index contributed by atoms with van der Waals surface area (Å²) in [5, 5.41) is 0. The number of hydrogen-bond donors (Lipinski definition) is 1. The first-order chi connectivity index (χ1) is 11.3. The van der Waals surface area contributed by atoms with E-state index < -0.39 is 10.0 Å². The van der Waals surface area contributed by atoms with Gasteiger partial charge < -0.3 is 10.5 Å². The zero-order valence-corrected chi connectivity index (χ0v) is 15.1. The van der Waals surface area contributed by atoms with Gasteiger partial charge >= 0.3 is 0 Å². The van der Waals surface area contributed by atoms with E-state index in [4.69, 9.17) is 10.5 Å². The summed E-state index contributed by atoms with van der Waals surface area (Å²) in [4.78, 5) is 0. The lowest BCUT2D eigenvalue weighted by molar-refractivity contribution is 0.476. The van der Waals surface area contributed by atoms with E-state index in [9.17, 15) is 8.42 Å². The molecule has 5 nitrogen and oxygen atoms in total. The van der Waals surface area contributed by atoms with Gasteiger partial charge in [0.25, 0.3) is 0 Å². The summed E-state index contributed by atoms with van der Waals surface area (Å²) in [6.07, 6.45) is 1.94. The van der Waals surface area contributed by atoms with Crippen LogP contribution in [0.3, 0.4) is 0 Å². The maximum absolute atomic E-state index is 12.0. The Labute approximate surface area is 144 Å². The minimum absolute atomic E-state index is 0.263. The van der Waals surface area contributed by atoms with Crippen LogP contribution in [0, 0.1) is 6.92 Å².